The van der Waals surface area contributed by atoms with E-state index in [0.29, 0.717) is 16.1 Å². The molecule has 9 heteroatoms. The van der Waals surface area contributed by atoms with E-state index in [-0.39, 0.29) is 35.3 Å². The first-order chi connectivity index (χ1) is 12.1. The van der Waals surface area contributed by atoms with Crippen LogP contribution < -0.4 is 5.73 Å². The number of hydrogen-bond donors (Lipinski definition) is 1. The molecule has 3 rings (SSSR count). The van der Waals surface area contributed by atoms with Crippen molar-refractivity contribution in [3.05, 3.63) is 70.7 Å². The van der Waals surface area contributed by atoms with E-state index in [1.807, 2.05) is 0 Å². The molecule has 0 bridgehead atoms. The van der Waals surface area contributed by atoms with Crippen molar-refractivity contribution < 1.29 is 14.2 Å². The summed E-state index contributed by atoms with van der Waals surface area (Å²) >= 11 is 6.16. The smallest absolute Gasteiger partial charge is 0.371 e. The molecule has 2 aromatic heterocycles. The number of amidine groups is 1. The standard InChI is InChI=1S/C17H13ClN4O3.ClH/c1-10-14(15(21-24-10)12-4-2-3-5-13(12)18)17(23)25-22-16(19)11-6-8-20-9-7-11;/h2-9H,1H3,(H2,19,22);1H. The second-order valence-corrected chi connectivity index (χ2v) is 5.44. The van der Waals surface area contributed by atoms with E-state index in [1.165, 1.54) is 0 Å². The van der Waals surface area contributed by atoms with Gasteiger partial charge in [-0.2, -0.15) is 0 Å². The van der Waals surface area contributed by atoms with Gasteiger partial charge in [-0.25, -0.2) is 4.79 Å². The van der Waals surface area contributed by atoms with Crippen LogP contribution in [0, 0.1) is 6.92 Å². The zero-order valence-electron chi connectivity index (χ0n) is 13.5. The maximum Gasteiger partial charge on any atom is 0.371 e. The van der Waals surface area contributed by atoms with Crippen molar-refractivity contribution in [1.29, 1.82) is 0 Å². The second-order valence-electron chi connectivity index (χ2n) is 5.03. The molecule has 0 saturated carbocycles. The molecular weight excluding hydrogens is 379 g/mol. The van der Waals surface area contributed by atoms with Crippen LogP contribution in [0.2, 0.25) is 5.02 Å². The van der Waals surface area contributed by atoms with Crippen molar-refractivity contribution in [2.45, 2.75) is 6.92 Å². The number of hydrogen-bond acceptors (Lipinski definition) is 6. The molecule has 0 amide bonds. The molecule has 0 aliphatic heterocycles. The van der Waals surface area contributed by atoms with Crippen LogP contribution in [0.25, 0.3) is 11.3 Å². The first kappa shape index (κ1) is 19.4. The Hall–Kier alpha value is -2.90. The Labute approximate surface area is 160 Å². The van der Waals surface area contributed by atoms with Gasteiger partial charge in [0.15, 0.2) is 5.84 Å². The first-order valence-corrected chi connectivity index (χ1v) is 7.62. The van der Waals surface area contributed by atoms with Crippen molar-refractivity contribution in [2.24, 2.45) is 10.9 Å². The molecule has 7 nitrogen and oxygen atoms in total. The highest BCUT2D eigenvalue weighted by atomic mass is 35.5. The van der Waals surface area contributed by atoms with E-state index in [4.69, 9.17) is 26.7 Å². The maximum absolute atomic E-state index is 12.4. The summed E-state index contributed by atoms with van der Waals surface area (Å²) in [6, 6.07) is 10.3. The van der Waals surface area contributed by atoms with Gasteiger partial charge in [-0.05, 0) is 25.1 Å². The molecular formula is C17H14Cl2N4O3. The highest BCUT2D eigenvalue weighted by molar-refractivity contribution is 6.33. The number of benzene rings is 1. The Bertz CT molecular complexity index is 942. The third-order valence-corrected chi connectivity index (χ3v) is 3.73. The van der Waals surface area contributed by atoms with Gasteiger partial charge in [0.05, 0.1) is 5.02 Å². The van der Waals surface area contributed by atoms with E-state index < -0.39 is 5.97 Å². The third-order valence-electron chi connectivity index (χ3n) is 3.40. The fourth-order valence-corrected chi connectivity index (χ4v) is 2.39. The first-order valence-electron chi connectivity index (χ1n) is 7.24. The highest BCUT2D eigenvalue weighted by Gasteiger charge is 2.24. The Balaban J connectivity index is 0.00000243. The van der Waals surface area contributed by atoms with Gasteiger partial charge in [0.1, 0.15) is 17.0 Å². The summed E-state index contributed by atoms with van der Waals surface area (Å²) in [6.07, 6.45) is 3.11. The Morgan fingerprint density at radius 3 is 2.62 bits per heavy atom. The summed E-state index contributed by atoms with van der Waals surface area (Å²) in [6.45, 7) is 1.60. The zero-order chi connectivity index (χ0) is 17.8. The summed E-state index contributed by atoms with van der Waals surface area (Å²) in [5.74, 6) is -0.410. The number of aryl methyl sites for hydroxylation is 1. The Morgan fingerprint density at radius 2 is 1.92 bits per heavy atom. The van der Waals surface area contributed by atoms with E-state index in [9.17, 15) is 4.79 Å². The fraction of sp³-hybridized carbons (Fsp3) is 0.0588. The summed E-state index contributed by atoms with van der Waals surface area (Å²) in [5.41, 5.74) is 7.35. The highest BCUT2D eigenvalue weighted by Crippen LogP contribution is 2.31. The maximum atomic E-state index is 12.4. The second kappa shape index (κ2) is 8.46. The summed E-state index contributed by atoms with van der Waals surface area (Å²) in [7, 11) is 0. The van der Waals surface area contributed by atoms with E-state index in [1.54, 1.807) is 55.7 Å². The fourth-order valence-electron chi connectivity index (χ4n) is 2.16. The van der Waals surface area contributed by atoms with Gasteiger partial charge in [0.2, 0.25) is 0 Å². The Morgan fingerprint density at radius 1 is 1.23 bits per heavy atom. The normalized spacial score (nSPS) is 10.9. The molecule has 3 aromatic rings. The lowest BCUT2D eigenvalue weighted by molar-refractivity contribution is 0.0515. The number of carbonyl (C=O) groups is 1. The van der Waals surface area contributed by atoms with Gasteiger partial charge in [-0.15, -0.1) is 12.4 Å². The number of aromatic nitrogens is 2. The molecule has 26 heavy (non-hydrogen) atoms. The lowest BCUT2D eigenvalue weighted by atomic mass is 10.1. The molecule has 0 unspecified atom stereocenters. The van der Waals surface area contributed by atoms with E-state index >= 15 is 0 Å². The van der Waals surface area contributed by atoms with Crippen LogP contribution in [0.5, 0.6) is 0 Å². The number of rotatable bonds is 4. The predicted octanol–water partition coefficient (Wildman–Crippen LogP) is 3.60. The van der Waals surface area contributed by atoms with Crippen molar-refractivity contribution in [3.63, 3.8) is 0 Å². The lowest BCUT2D eigenvalue weighted by Gasteiger charge is -2.03. The Kier molecular flexibility index (Phi) is 6.32. The minimum absolute atomic E-state index is 0. The lowest BCUT2D eigenvalue weighted by Crippen LogP contribution is -2.15. The summed E-state index contributed by atoms with van der Waals surface area (Å²) in [5, 5.41) is 8.00. The van der Waals surface area contributed by atoms with Gasteiger partial charge in [-0.1, -0.05) is 40.1 Å². The molecule has 2 heterocycles. The third kappa shape index (κ3) is 4.01. The van der Waals surface area contributed by atoms with Crippen LogP contribution in [0.4, 0.5) is 0 Å². The quantitative estimate of drug-likeness (QED) is 0.314. The van der Waals surface area contributed by atoms with E-state index in [2.05, 4.69) is 15.3 Å². The van der Waals surface area contributed by atoms with Crippen molar-refractivity contribution in [1.82, 2.24) is 10.1 Å². The molecule has 0 atom stereocenters. The molecule has 2 N–H and O–H groups in total. The van der Waals surface area contributed by atoms with Crippen LogP contribution in [0.15, 0.2) is 58.5 Å². The molecule has 0 spiro atoms. The van der Waals surface area contributed by atoms with Gasteiger partial charge in [-0.3, -0.25) is 4.98 Å². The van der Waals surface area contributed by atoms with Crippen molar-refractivity contribution >= 4 is 35.8 Å². The number of halogens is 2. The molecule has 1 aromatic carbocycles. The summed E-state index contributed by atoms with van der Waals surface area (Å²) in [4.78, 5) is 21.3. The molecule has 0 radical (unpaired) electrons. The number of carbonyl (C=O) groups excluding carboxylic acids is 1. The van der Waals surface area contributed by atoms with Crippen LogP contribution in [0.3, 0.4) is 0 Å². The molecule has 0 saturated heterocycles. The number of oxime groups is 1. The molecule has 0 aliphatic carbocycles. The van der Waals surface area contributed by atoms with Gasteiger partial charge < -0.3 is 15.1 Å². The van der Waals surface area contributed by atoms with Gasteiger partial charge in [0, 0.05) is 23.5 Å². The minimum atomic E-state index is -0.745. The van der Waals surface area contributed by atoms with Crippen molar-refractivity contribution in [3.8, 4) is 11.3 Å². The average molecular weight is 393 g/mol. The topological polar surface area (TPSA) is 104 Å². The molecule has 0 fully saturated rings. The number of nitrogens with two attached hydrogens (primary N) is 1. The van der Waals surface area contributed by atoms with Gasteiger partial charge >= 0.3 is 5.97 Å². The van der Waals surface area contributed by atoms with Crippen molar-refractivity contribution in [2.75, 3.05) is 0 Å². The minimum Gasteiger partial charge on any atom is -0.380 e. The SMILES string of the molecule is Cc1onc(-c2ccccc2Cl)c1C(=O)O/N=C(\N)c1ccncc1.Cl. The largest absolute Gasteiger partial charge is 0.380 e. The molecule has 134 valence electrons. The van der Waals surface area contributed by atoms with Gasteiger partial charge in [0.25, 0.3) is 0 Å². The van der Waals surface area contributed by atoms with E-state index in [0.717, 1.165) is 0 Å². The number of pyridine rings is 1. The van der Waals surface area contributed by atoms with Crippen LogP contribution >= 0.6 is 24.0 Å². The summed E-state index contributed by atoms with van der Waals surface area (Å²) < 4.78 is 5.12. The molecule has 0 aliphatic rings. The average Bonchev–Trinajstić information content (AvgIpc) is 3.02. The van der Waals surface area contributed by atoms with Crippen LogP contribution in [-0.2, 0) is 4.84 Å². The van der Waals surface area contributed by atoms with Crippen LogP contribution in [0.1, 0.15) is 21.7 Å². The predicted molar refractivity (Wildman–Crippen MR) is 99.3 cm³/mol. The number of nitrogens with zero attached hydrogens (tertiary/aromatic N) is 3. The zero-order valence-corrected chi connectivity index (χ0v) is 15.1. The van der Waals surface area contributed by atoms with Crippen LogP contribution in [-0.4, -0.2) is 21.9 Å². The monoisotopic (exact) mass is 392 g/mol.